The van der Waals surface area contributed by atoms with Crippen molar-refractivity contribution in [2.45, 2.75) is 32.2 Å². The number of amides is 1. The Labute approximate surface area is 204 Å². The van der Waals surface area contributed by atoms with Crippen molar-refractivity contribution in [3.05, 3.63) is 69.9 Å². The molecule has 2 aliphatic rings. The number of piperidine rings is 1. The van der Waals surface area contributed by atoms with E-state index >= 15 is 0 Å². The highest BCUT2D eigenvalue weighted by Gasteiger charge is 2.25. The van der Waals surface area contributed by atoms with Crippen LogP contribution in [0.3, 0.4) is 0 Å². The predicted octanol–water partition coefficient (Wildman–Crippen LogP) is 4.32. The van der Waals surface area contributed by atoms with Gasteiger partial charge in [-0.3, -0.25) is 14.7 Å². The van der Waals surface area contributed by atoms with Crippen molar-refractivity contribution in [3.63, 3.8) is 0 Å². The third-order valence-electron chi connectivity index (χ3n) is 6.53. The number of carbonyl (C=O) groups is 1. The Hall–Kier alpha value is -2.81. The van der Waals surface area contributed by atoms with Crippen LogP contribution in [0.15, 0.2) is 47.8 Å². The van der Waals surface area contributed by atoms with Gasteiger partial charge in [-0.25, -0.2) is 4.98 Å². The lowest BCUT2D eigenvalue weighted by atomic mass is 9.97. The number of nitrogens with zero attached hydrogens (tertiary/aromatic N) is 4. The van der Waals surface area contributed by atoms with Gasteiger partial charge in [-0.2, -0.15) is 0 Å². The number of aromatic nitrogens is 2. The summed E-state index contributed by atoms with van der Waals surface area (Å²) in [6, 6.07) is 14.2. The first kappa shape index (κ1) is 23.0. The first-order valence-electron chi connectivity index (χ1n) is 12.0. The molecule has 0 unspecified atom stereocenters. The van der Waals surface area contributed by atoms with Gasteiger partial charge in [0.05, 0.1) is 35.3 Å². The minimum atomic E-state index is -0.147. The fraction of sp³-hybridized carbons (Fsp3) is 0.423. The molecule has 3 aromatic rings. The van der Waals surface area contributed by atoms with Crippen LogP contribution < -0.4 is 10.2 Å². The number of anilines is 2. The minimum Gasteiger partial charge on any atom is -0.378 e. The molecule has 0 saturated carbocycles. The van der Waals surface area contributed by atoms with E-state index in [1.807, 2.05) is 42.6 Å². The number of pyridine rings is 1. The van der Waals surface area contributed by atoms with Gasteiger partial charge in [0.25, 0.3) is 5.91 Å². The molecule has 7 nitrogen and oxygen atoms in total. The van der Waals surface area contributed by atoms with Gasteiger partial charge in [0.2, 0.25) is 0 Å². The zero-order valence-corrected chi connectivity index (χ0v) is 20.4. The molecule has 0 bridgehead atoms. The lowest BCUT2D eigenvalue weighted by Gasteiger charge is -2.30. The molecule has 0 spiro atoms. The van der Waals surface area contributed by atoms with E-state index in [0.717, 1.165) is 73.3 Å². The van der Waals surface area contributed by atoms with Crippen LogP contribution in [0.2, 0.25) is 0 Å². The lowest BCUT2D eigenvalue weighted by Crippen LogP contribution is -2.36. The Morgan fingerprint density at radius 3 is 2.65 bits per heavy atom. The summed E-state index contributed by atoms with van der Waals surface area (Å²) in [4.78, 5) is 27.1. The van der Waals surface area contributed by atoms with Crippen LogP contribution in [0.1, 0.15) is 45.6 Å². The van der Waals surface area contributed by atoms with Crippen molar-refractivity contribution in [1.29, 1.82) is 0 Å². The van der Waals surface area contributed by atoms with Crippen molar-refractivity contribution in [1.82, 2.24) is 14.9 Å². The average molecular weight is 478 g/mol. The molecule has 0 atom stereocenters. The maximum atomic E-state index is 13.0. The van der Waals surface area contributed by atoms with Crippen molar-refractivity contribution >= 4 is 28.6 Å². The molecular weight excluding hydrogens is 446 g/mol. The van der Waals surface area contributed by atoms with Gasteiger partial charge in [-0.15, -0.1) is 11.3 Å². The number of para-hydroxylation sites is 2. The minimum absolute atomic E-state index is 0.147. The summed E-state index contributed by atoms with van der Waals surface area (Å²) in [5, 5.41) is 6.05. The summed E-state index contributed by atoms with van der Waals surface area (Å²) < 4.78 is 5.47. The van der Waals surface area contributed by atoms with Crippen LogP contribution in [0.25, 0.3) is 0 Å². The molecule has 4 heterocycles. The van der Waals surface area contributed by atoms with Crippen molar-refractivity contribution in [3.8, 4) is 0 Å². The maximum absolute atomic E-state index is 13.0. The van der Waals surface area contributed by atoms with Crippen LogP contribution >= 0.6 is 11.3 Å². The fourth-order valence-corrected chi connectivity index (χ4v) is 5.65. The first-order chi connectivity index (χ1) is 16.7. The molecule has 1 aromatic carbocycles. The molecular formula is C26H31N5O2S. The van der Waals surface area contributed by atoms with E-state index in [9.17, 15) is 4.79 Å². The molecule has 2 aliphatic heterocycles. The average Bonchev–Trinajstić information content (AvgIpc) is 3.36. The zero-order chi connectivity index (χ0) is 23.3. The number of thiazole rings is 1. The molecule has 8 heteroatoms. The number of rotatable bonds is 6. The summed E-state index contributed by atoms with van der Waals surface area (Å²) in [6.45, 7) is 8.03. The summed E-state index contributed by atoms with van der Waals surface area (Å²) >= 11 is 1.60. The van der Waals surface area contributed by atoms with E-state index < -0.39 is 0 Å². The second kappa shape index (κ2) is 10.6. The Morgan fingerprint density at radius 1 is 1.06 bits per heavy atom. The normalized spacial score (nSPS) is 17.6. The molecule has 34 heavy (non-hydrogen) atoms. The number of hydrogen-bond donors (Lipinski definition) is 1. The highest BCUT2D eigenvalue weighted by molar-refractivity contribution is 7.10. The number of ether oxygens (including phenoxy) is 1. The molecule has 5 rings (SSSR count). The number of morpholine rings is 1. The number of likely N-dealkylation sites (tertiary alicyclic amines) is 1. The molecule has 1 N–H and O–H groups in total. The molecule has 2 saturated heterocycles. The molecule has 0 radical (unpaired) electrons. The quantitative estimate of drug-likeness (QED) is 0.570. The van der Waals surface area contributed by atoms with Gasteiger partial charge in [-0.05, 0) is 57.1 Å². The van der Waals surface area contributed by atoms with Crippen molar-refractivity contribution in [2.24, 2.45) is 0 Å². The highest BCUT2D eigenvalue weighted by Crippen LogP contribution is 2.32. The SMILES string of the molecule is Cc1cccc(CN2CCC(c3nc(C(=O)Nc4ccccc4N4CCOCC4)cs3)CC2)n1. The van der Waals surface area contributed by atoms with Gasteiger partial charge in [0.1, 0.15) is 5.69 Å². The number of benzene rings is 1. The van der Waals surface area contributed by atoms with Gasteiger partial charge >= 0.3 is 0 Å². The van der Waals surface area contributed by atoms with Gasteiger partial charge in [0, 0.05) is 36.6 Å². The number of aryl methyl sites for hydroxylation is 1. The number of nitrogens with one attached hydrogen (secondary N) is 1. The van der Waals surface area contributed by atoms with Crippen molar-refractivity contribution in [2.75, 3.05) is 49.6 Å². The summed E-state index contributed by atoms with van der Waals surface area (Å²) in [7, 11) is 0. The predicted molar refractivity (Wildman–Crippen MR) is 136 cm³/mol. The monoisotopic (exact) mass is 477 g/mol. The fourth-order valence-electron chi connectivity index (χ4n) is 4.68. The zero-order valence-electron chi connectivity index (χ0n) is 19.6. The van der Waals surface area contributed by atoms with Crippen molar-refractivity contribution < 1.29 is 9.53 Å². The first-order valence-corrected chi connectivity index (χ1v) is 12.9. The molecule has 0 aliphatic carbocycles. The highest BCUT2D eigenvalue weighted by atomic mass is 32.1. The van der Waals surface area contributed by atoms with E-state index in [-0.39, 0.29) is 5.91 Å². The van der Waals surface area contributed by atoms with Crippen LogP contribution in [0.5, 0.6) is 0 Å². The van der Waals surface area contributed by atoms with E-state index in [1.54, 1.807) is 11.3 Å². The molecule has 1 amide bonds. The summed E-state index contributed by atoms with van der Waals surface area (Å²) in [5.41, 5.74) is 4.55. The summed E-state index contributed by atoms with van der Waals surface area (Å²) in [6.07, 6.45) is 2.11. The maximum Gasteiger partial charge on any atom is 0.275 e. The Bertz CT molecular complexity index is 1120. The van der Waals surface area contributed by atoms with Gasteiger partial charge in [0.15, 0.2) is 0 Å². The standard InChI is InChI=1S/C26H31N5O2S/c1-19-5-4-6-21(27-19)17-30-11-9-20(10-12-30)26-29-23(18-34-26)25(32)28-22-7-2-3-8-24(22)31-13-15-33-16-14-31/h2-8,18,20H,9-17H2,1H3,(H,28,32). The number of hydrogen-bond acceptors (Lipinski definition) is 7. The van der Waals surface area contributed by atoms with Gasteiger partial charge in [-0.1, -0.05) is 18.2 Å². The Kier molecular flexibility index (Phi) is 7.18. The Balaban J connectivity index is 1.18. The summed E-state index contributed by atoms with van der Waals surface area (Å²) in [5.74, 6) is 0.264. The van der Waals surface area contributed by atoms with Crippen LogP contribution in [-0.2, 0) is 11.3 Å². The second-order valence-electron chi connectivity index (χ2n) is 8.96. The lowest BCUT2D eigenvalue weighted by molar-refractivity contribution is 0.102. The van der Waals surface area contributed by atoms with Crippen LogP contribution in [0.4, 0.5) is 11.4 Å². The Morgan fingerprint density at radius 2 is 1.85 bits per heavy atom. The van der Waals surface area contributed by atoms with Crippen LogP contribution in [-0.4, -0.2) is 60.2 Å². The van der Waals surface area contributed by atoms with E-state index in [2.05, 4.69) is 32.2 Å². The molecule has 178 valence electrons. The van der Waals surface area contributed by atoms with Gasteiger partial charge < -0.3 is 15.0 Å². The number of carbonyl (C=O) groups excluding carboxylic acids is 1. The molecule has 2 fully saturated rings. The largest absolute Gasteiger partial charge is 0.378 e. The van der Waals surface area contributed by atoms with E-state index in [0.29, 0.717) is 24.8 Å². The van der Waals surface area contributed by atoms with E-state index in [1.165, 1.54) is 0 Å². The smallest absolute Gasteiger partial charge is 0.275 e. The topological polar surface area (TPSA) is 70.6 Å². The third kappa shape index (κ3) is 5.46. The molecule has 2 aromatic heterocycles. The second-order valence-corrected chi connectivity index (χ2v) is 9.85. The third-order valence-corrected chi connectivity index (χ3v) is 7.53. The van der Waals surface area contributed by atoms with Crippen LogP contribution in [0, 0.1) is 6.92 Å². The van der Waals surface area contributed by atoms with E-state index in [4.69, 9.17) is 9.72 Å².